The number of hydrogen-bond acceptors (Lipinski definition) is 5. The first-order valence-corrected chi connectivity index (χ1v) is 8.33. The molecule has 0 unspecified atom stereocenters. The third kappa shape index (κ3) is 3.27. The van der Waals surface area contributed by atoms with Crippen LogP contribution >= 0.6 is 11.8 Å². The zero-order valence-electron chi connectivity index (χ0n) is 13.1. The molecule has 0 radical (unpaired) electrons. The van der Waals surface area contributed by atoms with Crippen LogP contribution in [0.25, 0.3) is 0 Å². The predicted octanol–water partition coefficient (Wildman–Crippen LogP) is 2.99. The Morgan fingerprint density at radius 2 is 2.00 bits per heavy atom. The van der Waals surface area contributed by atoms with Crippen LogP contribution in [0.4, 0.5) is 0 Å². The number of methoxy groups -OCH3 is 2. The molecule has 1 atom stereocenters. The van der Waals surface area contributed by atoms with Crippen LogP contribution in [0.3, 0.4) is 0 Å². The summed E-state index contributed by atoms with van der Waals surface area (Å²) in [5, 5.41) is -0.00611. The molecule has 1 aliphatic heterocycles. The maximum Gasteiger partial charge on any atom is 0.255 e. The fourth-order valence-corrected chi connectivity index (χ4v) is 3.81. The summed E-state index contributed by atoms with van der Waals surface area (Å²) in [7, 11) is 3.15. The molecule has 2 heterocycles. The Kier molecular flexibility index (Phi) is 4.71. The van der Waals surface area contributed by atoms with Crippen LogP contribution < -0.4 is 9.47 Å². The summed E-state index contributed by atoms with van der Waals surface area (Å²) in [4.78, 5) is 19.0. The third-order valence-electron chi connectivity index (χ3n) is 3.72. The molecule has 5 nitrogen and oxygen atoms in total. The molecule has 0 aliphatic carbocycles. The van der Waals surface area contributed by atoms with Gasteiger partial charge in [-0.1, -0.05) is 6.07 Å². The van der Waals surface area contributed by atoms with Crippen molar-refractivity contribution in [2.24, 2.45) is 0 Å². The fraction of sp³-hybridized carbons (Fsp3) is 0.294. The van der Waals surface area contributed by atoms with E-state index in [-0.39, 0.29) is 11.3 Å². The standard InChI is InChI=1S/C17H18N2O3S/c1-21-14-8-13(9-15(10-14)22-2)16(20)19-6-7-23-17(19)12-4-3-5-18-11-12/h3-5,8-11,17H,6-7H2,1-2H3/t17-/m1/s1. The highest BCUT2D eigenvalue weighted by atomic mass is 32.2. The lowest BCUT2D eigenvalue weighted by atomic mass is 10.1. The van der Waals surface area contributed by atoms with E-state index in [1.807, 2.05) is 23.2 Å². The maximum atomic E-state index is 12.9. The number of amides is 1. The van der Waals surface area contributed by atoms with Gasteiger partial charge in [0.05, 0.1) is 14.2 Å². The lowest BCUT2D eigenvalue weighted by Crippen LogP contribution is -2.30. The second kappa shape index (κ2) is 6.91. The van der Waals surface area contributed by atoms with Crippen LogP contribution in [0.2, 0.25) is 0 Å². The third-order valence-corrected chi connectivity index (χ3v) is 4.98. The molecule has 3 rings (SSSR count). The molecule has 1 amide bonds. The van der Waals surface area contributed by atoms with Gasteiger partial charge in [-0.2, -0.15) is 0 Å². The summed E-state index contributed by atoms with van der Waals surface area (Å²) < 4.78 is 10.5. The summed E-state index contributed by atoms with van der Waals surface area (Å²) in [5.74, 6) is 2.10. The van der Waals surface area contributed by atoms with E-state index in [0.717, 1.165) is 11.3 Å². The van der Waals surface area contributed by atoms with Gasteiger partial charge in [0.2, 0.25) is 0 Å². The quantitative estimate of drug-likeness (QED) is 0.862. The zero-order chi connectivity index (χ0) is 16.2. The van der Waals surface area contributed by atoms with Crippen LogP contribution in [0.5, 0.6) is 11.5 Å². The SMILES string of the molecule is COc1cc(OC)cc(C(=O)N2CCS[C@@H]2c2cccnc2)c1. The van der Waals surface area contributed by atoms with Crippen LogP contribution in [-0.2, 0) is 0 Å². The molecule has 1 aromatic carbocycles. The summed E-state index contributed by atoms with van der Waals surface area (Å²) in [6, 6.07) is 9.14. The molecule has 0 spiro atoms. The van der Waals surface area contributed by atoms with E-state index in [1.54, 1.807) is 50.4 Å². The first kappa shape index (κ1) is 15.7. The van der Waals surface area contributed by atoms with Gasteiger partial charge in [-0.05, 0) is 18.2 Å². The van der Waals surface area contributed by atoms with Crippen LogP contribution in [0.1, 0.15) is 21.3 Å². The minimum atomic E-state index is -0.0268. The first-order valence-electron chi connectivity index (χ1n) is 7.28. The van der Waals surface area contributed by atoms with Gasteiger partial charge < -0.3 is 14.4 Å². The predicted molar refractivity (Wildman–Crippen MR) is 90.0 cm³/mol. The van der Waals surface area contributed by atoms with Crippen molar-refractivity contribution in [3.63, 3.8) is 0 Å². The molecule has 1 aliphatic rings. The monoisotopic (exact) mass is 330 g/mol. The minimum absolute atomic E-state index is 0.00611. The van der Waals surface area contributed by atoms with E-state index in [4.69, 9.17) is 9.47 Å². The zero-order valence-corrected chi connectivity index (χ0v) is 13.9. The molecular weight excluding hydrogens is 312 g/mol. The van der Waals surface area contributed by atoms with Gasteiger partial charge in [0, 0.05) is 41.9 Å². The Morgan fingerprint density at radius 3 is 2.61 bits per heavy atom. The molecule has 120 valence electrons. The molecule has 1 fully saturated rings. The summed E-state index contributed by atoms with van der Waals surface area (Å²) in [6.45, 7) is 0.711. The van der Waals surface area contributed by atoms with Crippen molar-refractivity contribution in [2.45, 2.75) is 5.37 Å². The Bertz CT molecular complexity index is 671. The molecule has 1 saturated heterocycles. The Morgan fingerprint density at radius 1 is 1.26 bits per heavy atom. The lowest BCUT2D eigenvalue weighted by molar-refractivity contribution is 0.0759. The van der Waals surface area contributed by atoms with Gasteiger partial charge in [0.15, 0.2) is 0 Å². The number of pyridine rings is 1. The van der Waals surface area contributed by atoms with Gasteiger partial charge in [-0.3, -0.25) is 9.78 Å². The summed E-state index contributed by atoms with van der Waals surface area (Å²) in [6.07, 6.45) is 3.55. The van der Waals surface area contributed by atoms with Gasteiger partial charge in [-0.15, -0.1) is 11.8 Å². The highest BCUT2D eigenvalue weighted by Crippen LogP contribution is 2.38. The number of hydrogen-bond donors (Lipinski definition) is 0. The van der Waals surface area contributed by atoms with Gasteiger partial charge >= 0.3 is 0 Å². The second-order valence-corrected chi connectivity index (χ2v) is 6.30. The normalized spacial score (nSPS) is 17.1. The van der Waals surface area contributed by atoms with Gasteiger partial charge in [0.1, 0.15) is 16.9 Å². The molecule has 0 bridgehead atoms. The first-order chi connectivity index (χ1) is 11.2. The van der Waals surface area contributed by atoms with Crippen molar-refractivity contribution in [3.8, 4) is 11.5 Å². The number of nitrogens with zero attached hydrogens (tertiary/aromatic N) is 2. The summed E-state index contributed by atoms with van der Waals surface area (Å²) in [5.41, 5.74) is 1.61. The van der Waals surface area contributed by atoms with Crippen LogP contribution in [0.15, 0.2) is 42.7 Å². The van der Waals surface area contributed by atoms with E-state index in [0.29, 0.717) is 23.6 Å². The molecule has 1 aromatic heterocycles. The average molecular weight is 330 g/mol. The van der Waals surface area contributed by atoms with E-state index >= 15 is 0 Å². The largest absolute Gasteiger partial charge is 0.497 e. The van der Waals surface area contributed by atoms with Crippen molar-refractivity contribution < 1.29 is 14.3 Å². The van der Waals surface area contributed by atoms with Crippen molar-refractivity contribution in [1.82, 2.24) is 9.88 Å². The van der Waals surface area contributed by atoms with E-state index in [2.05, 4.69) is 4.98 Å². The molecule has 0 N–H and O–H groups in total. The number of thioether (sulfide) groups is 1. The van der Waals surface area contributed by atoms with E-state index in [1.165, 1.54) is 0 Å². The number of carbonyl (C=O) groups excluding carboxylic acids is 1. The van der Waals surface area contributed by atoms with Crippen molar-refractivity contribution in [3.05, 3.63) is 53.9 Å². The molecule has 0 saturated carbocycles. The second-order valence-electron chi connectivity index (χ2n) is 5.11. The van der Waals surface area contributed by atoms with E-state index in [9.17, 15) is 4.79 Å². The van der Waals surface area contributed by atoms with Crippen molar-refractivity contribution >= 4 is 17.7 Å². The number of ether oxygens (including phenoxy) is 2. The topological polar surface area (TPSA) is 51.7 Å². The Hall–Kier alpha value is -2.21. The lowest BCUT2D eigenvalue weighted by Gasteiger charge is -2.24. The van der Waals surface area contributed by atoms with Crippen molar-refractivity contribution in [2.75, 3.05) is 26.5 Å². The average Bonchev–Trinajstić information content (AvgIpc) is 3.11. The van der Waals surface area contributed by atoms with Crippen LogP contribution in [0, 0.1) is 0 Å². The highest BCUT2D eigenvalue weighted by molar-refractivity contribution is 7.99. The van der Waals surface area contributed by atoms with Gasteiger partial charge in [0.25, 0.3) is 5.91 Å². The van der Waals surface area contributed by atoms with Crippen molar-refractivity contribution in [1.29, 1.82) is 0 Å². The minimum Gasteiger partial charge on any atom is -0.497 e. The smallest absolute Gasteiger partial charge is 0.255 e. The molecule has 6 heteroatoms. The van der Waals surface area contributed by atoms with E-state index < -0.39 is 0 Å². The Balaban J connectivity index is 1.90. The molecule has 23 heavy (non-hydrogen) atoms. The maximum absolute atomic E-state index is 12.9. The highest BCUT2D eigenvalue weighted by Gasteiger charge is 2.31. The molecular formula is C17H18N2O3S. The number of rotatable bonds is 4. The summed E-state index contributed by atoms with van der Waals surface area (Å²) >= 11 is 1.75. The number of benzene rings is 1. The fourth-order valence-electron chi connectivity index (χ4n) is 2.57. The van der Waals surface area contributed by atoms with Gasteiger partial charge in [-0.25, -0.2) is 0 Å². The molecule has 2 aromatic rings. The Labute approximate surface area is 139 Å². The van der Waals surface area contributed by atoms with Crippen LogP contribution in [-0.4, -0.2) is 42.3 Å². The number of aromatic nitrogens is 1. The number of carbonyl (C=O) groups is 1.